The van der Waals surface area contributed by atoms with E-state index in [4.69, 9.17) is 14.2 Å². The summed E-state index contributed by atoms with van der Waals surface area (Å²) in [6.45, 7) is 2.25. The molecule has 0 saturated heterocycles. The van der Waals surface area contributed by atoms with Crippen molar-refractivity contribution in [3.8, 4) is 17.2 Å². The molecule has 1 aliphatic heterocycles. The number of methoxy groups -OCH3 is 1. The quantitative estimate of drug-likeness (QED) is 0.496. The van der Waals surface area contributed by atoms with Gasteiger partial charge in [0.15, 0.2) is 5.76 Å². The Morgan fingerprint density at radius 1 is 1.00 bits per heavy atom. The van der Waals surface area contributed by atoms with Gasteiger partial charge in [-0.1, -0.05) is 60.7 Å². The monoisotopic (exact) mass is 398 g/mol. The second-order valence-electron chi connectivity index (χ2n) is 6.95. The lowest BCUT2D eigenvalue weighted by Crippen LogP contribution is -2.00. The summed E-state index contributed by atoms with van der Waals surface area (Å²) in [6, 6.07) is 21.2. The molecule has 1 aliphatic rings. The van der Waals surface area contributed by atoms with Crippen LogP contribution >= 0.6 is 0 Å². The van der Waals surface area contributed by atoms with E-state index in [0.29, 0.717) is 29.4 Å². The Bertz CT molecular complexity index is 1130. The topological polar surface area (TPSA) is 44.8 Å². The highest BCUT2D eigenvalue weighted by Gasteiger charge is 2.29. The van der Waals surface area contributed by atoms with Crippen molar-refractivity contribution < 1.29 is 19.0 Å². The van der Waals surface area contributed by atoms with Crippen molar-refractivity contribution in [2.75, 3.05) is 7.11 Å². The molecule has 0 aromatic heterocycles. The summed E-state index contributed by atoms with van der Waals surface area (Å²) in [5, 5.41) is 0. The van der Waals surface area contributed by atoms with Gasteiger partial charge in [0.1, 0.15) is 23.9 Å². The lowest BCUT2D eigenvalue weighted by molar-refractivity contribution is 0.101. The molecule has 0 saturated carbocycles. The van der Waals surface area contributed by atoms with Crippen molar-refractivity contribution in [3.05, 3.63) is 107 Å². The van der Waals surface area contributed by atoms with Gasteiger partial charge in [-0.2, -0.15) is 0 Å². The predicted molar refractivity (Wildman–Crippen MR) is 117 cm³/mol. The molecule has 0 fully saturated rings. The van der Waals surface area contributed by atoms with E-state index in [1.165, 1.54) is 0 Å². The number of para-hydroxylation sites is 1. The number of hydrogen-bond acceptors (Lipinski definition) is 4. The zero-order valence-corrected chi connectivity index (χ0v) is 16.9. The third-order valence-electron chi connectivity index (χ3n) is 4.87. The molecule has 0 unspecified atom stereocenters. The standard InChI is InChI=1S/C26H22O4/c1-18-15-21(29-17-20-12-6-7-13-22(20)28-2)16-24-25(18)26(27)23(30-24)14-8-11-19-9-4-3-5-10-19/h3-16H,17H2,1-2H3/b11-8+,23-14-. The van der Waals surface area contributed by atoms with Gasteiger partial charge in [-0.25, -0.2) is 0 Å². The molecule has 0 N–H and O–H groups in total. The fourth-order valence-electron chi connectivity index (χ4n) is 3.37. The molecule has 150 valence electrons. The maximum absolute atomic E-state index is 12.7. The molecule has 3 aromatic carbocycles. The van der Waals surface area contributed by atoms with Crippen LogP contribution in [0.2, 0.25) is 0 Å². The molecule has 4 rings (SSSR count). The van der Waals surface area contributed by atoms with Crippen molar-refractivity contribution in [3.63, 3.8) is 0 Å². The van der Waals surface area contributed by atoms with Gasteiger partial charge in [0.05, 0.1) is 12.7 Å². The zero-order chi connectivity index (χ0) is 20.9. The number of benzene rings is 3. The third-order valence-corrected chi connectivity index (χ3v) is 4.87. The first kappa shape index (κ1) is 19.5. The van der Waals surface area contributed by atoms with Gasteiger partial charge >= 0.3 is 0 Å². The number of allylic oxidation sites excluding steroid dienone is 3. The van der Waals surface area contributed by atoms with Crippen LogP contribution in [-0.2, 0) is 6.61 Å². The van der Waals surface area contributed by atoms with Crippen LogP contribution in [0.25, 0.3) is 6.08 Å². The molecule has 4 nitrogen and oxygen atoms in total. The molecule has 0 amide bonds. The molecule has 3 aromatic rings. The van der Waals surface area contributed by atoms with E-state index in [-0.39, 0.29) is 5.78 Å². The Kier molecular flexibility index (Phi) is 5.66. The van der Waals surface area contributed by atoms with Crippen LogP contribution in [0.15, 0.2) is 84.6 Å². The minimum absolute atomic E-state index is 0.114. The van der Waals surface area contributed by atoms with E-state index in [0.717, 1.165) is 22.4 Å². The molecule has 0 aliphatic carbocycles. The molecule has 0 spiro atoms. The molecule has 0 bridgehead atoms. The minimum Gasteiger partial charge on any atom is -0.496 e. The van der Waals surface area contributed by atoms with Crippen LogP contribution in [0.3, 0.4) is 0 Å². The Morgan fingerprint density at radius 3 is 2.57 bits per heavy atom. The van der Waals surface area contributed by atoms with E-state index < -0.39 is 0 Å². The Morgan fingerprint density at radius 2 is 1.77 bits per heavy atom. The summed E-state index contributed by atoms with van der Waals surface area (Å²) in [7, 11) is 1.64. The van der Waals surface area contributed by atoms with Crippen LogP contribution in [0, 0.1) is 6.92 Å². The van der Waals surface area contributed by atoms with Crippen molar-refractivity contribution in [2.45, 2.75) is 13.5 Å². The Labute approximate surface area is 176 Å². The number of rotatable bonds is 6. The summed E-state index contributed by atoms with van der Waals surface area (Å²) in [5.41, 5.74) is 3.41. The Hall–Kier alpha value is -3.79. The highest BCUT2D eigenvalue weighted by Crippen LogP contribution is 2.37. The molecular formula is C26H22O4. The minimum atomic E-state index is -0.114. The first-order valence-electron chi connectivity index (χ1n) is 9.71. The van der Waals surface area contributed by atoms with Crippen molar-refractivity contribution >= 4 is 11.9 Å². The van der Waals surface area contributed by atoms with Gasteiger partial charge in [-0.05, 0) is 36.3 Å². The number of ketones is 1. The predicted octanol–water partition coefficient (Wildman–Crippen LogP) is 5.76. The lowest BCUT2D eigenvalue weighted by atomic mass is 10.0. The van der Waals surface area contributed by atoms with E-state index >= 15 is 0 Å². The summed E-state index contributed by atoms with van der Waals surface area (Å²) in [6.07, 6.45) is 5.45. The summed E-state index contributed by atoms with van der Waals surface area (Å²) in [4.78, 5) is 12.7. The maximum atomic E-state index is 12.7. The zero-order valence-electron chi connectivity index (χ0n) is 16.9. The highest BCUT2D eigenvalue weighted by atomic mass is 16.5. The van der Waals surface area contributed by atoms with Gasteiger partial charge in [0, 0.05) is 11.6 Å². The molecular weight excluding hydrogens is 376 g/mol. The summed E-state index contributed by atoms with van der Waals surface area (Å²) in [5.74, 6) is 2.14. The normalized spacial score (nSPS) is 14.1. The van der Waals surface area contributed by atoms with E-state index in [1.807, 2.05) is 79.7 Å². The number of Topliss-reactive ketones (excluding diaryl/α,β-unsaturated/α-hetero) is 1. The first-order chi connectivity index (χ1) is 14.7. The molecule has 4 heteroatoms. The van der Waals surface area contributed by atoms with Crippen molar-refractivity contribution in [1.82, 2.24) is 0 Å². The number of fused-ring (bicyclic) bond motifs is 1. The first-order valence-corrected chi connectivity index (χ1v) is 9.71. The van der Waals surface area contributed by atoms with Gasteiger partial charge in [0.25, 0.3) is 0 Å². The average molecular weight is 398 g/mol. The lowest BCUT2D eigenvalue weighted by Gasteiger charge is -2.11. The number of aryl methyl sites for hydroxylation is 1. The third kappa shape index (κ3) is 4.13. The smallest absolute Gasteiger partial charge is 0.232 e. The fraction of sp³-hybridized carbons (Fsp3) is 0.115. The largest absolute Gasteiger partial charge is 0.496 e. The van der Waals surface area contributed by atoms with E-state index in [2.05, 4.69) is 0 Å². The van der Waals surface area contributed by atoms with Crippen LogP contribution in [0.5, 0.6) is 17.2 Å². The number of carbonyl (C=O) groups excluding carboxylic acids is 1. The van der Waals surface area contributed by atoms with Gasteiger partial charge < -0.3 is 14.2 Å². The SMILES string of the molecule is COc1ccccc1COc1cc(C)c2c(c1)O/C(=C\C=C\c1ccccc1)C2=O. The van der Waals surface area contributed by atoms with Gasteiger partial charge in [0.2, 0.25) is 5.78 Å². The van der Waals surface area contributed by atoms with E-state index in [9.17, 15) is 4.79 Å². The second-order valence-corrected chi connectivity index (χ2v) is 6.95. The molecule has 0 atom stereocenters. The van der Waals surface area contributed by atoms with Crippen LogP contribution in [0.1, 0.15) is 27.0 Å². The fourth-order valence-corrected chi connectivity index (χ4v) is 3.37. The highest BCUT2D eigenvalue weighted by molar-refractivity contribution is 6.13. The van der Waals surface area contributed by atoms with Crippen molar-refractivity contribution in [2.24, 2.45) is 0 Å². The molecule has 1 heterocycles. The maximum Gasteiger partial charge on any atom is 0.232 e. The van der Waals surface area contributed by atoms with E-state index in [1.54, 1.807) is 19.3 Å². The molecule has 0 radical (unpaired) electrons. The van der Waals surface area contributed by atoms with Crippen LogP contribution in [-0.4, -0.2) is 12.9 Å². The second kappa shape index (κ2) is 8.70. The van der Waals surface area contributed by atoms with Crippen molar-refractivity contribution in [1.29, 1.82) is 0 Å². The van der Waals surface area contributed by atoms with Gasteiger partial charge in [-0.15, -0.1) is 0 Å². The van der Waals surface area contributed by atoms with Crippen LogP contribution in [0.4, 0.5) is 0 Å². The summed E-state index contributed by atoms with van der Waals surface area (Å²) < 4.78 is 17.1. The Balaban J connectivity index is 1.51. The average Bonchev–Trinajstić information content (AvgIpc) is 3.09. The summed E-state index contributed by atoms with van der Waals surface area (Å²) >= 11 is 0. The van der Waals surface area contributed by atoms with Crippen LogP contribution < -0.4 is 14.2 Å². The number of hydrogen-bond donors (Lipinski definition) is 0. The molecule has 30 heavy (non-hydrogen) atoms. The number of ether oxygens (including phenoxy) is 3. The van der Waals surface area contributed by atoms with Gasteiger partial charge in [-0.3, -0.25) is 4.79 Å². The number of carbonyl (C=O) groups is 1.